The maximum Gasteiger partial charge on any atom is 0.339 e. The third kappa shape index (κ3) is 2.17. The molecule has 1 aromatic carbocycles. The van der Waals surface area contributed by atoms with Crippen molar-refractivity contribution in [2.24, 2.45) is 0 Å². The fourth-order valence-corrected chi connectivity index (χ4v) is 2.91. The van der Waals surface area contributed by atoms with E-state index in [2.05, 4.69) is 0 Å². The second-order valence-corrected chi connectivity index (χ2v) is 5.17. The van der Waals surface area contributed by atoms with E-state index in [-0.39, 0.29) is 5.56 Å². The zero-order valence-electron chi connectivity index (χ0n) is 11.0. The first-order valence-electron chi connectivity index (χ1n) is 5.72. The molecule has 0 atom stereocenters. The third-order valence-corrected chi connectivity index (χ3v) is 4.09. The molecule has 1 aromatic heterocycles. The lowest BCUT2D eigenvalue weighted by atomic mass is 9.95. The summed E-state index contributed by atoms with van der Waals surface area (Å²) in [5.74, 6) is -0.206. The first-order valence-corrected chi connectivity index (χ1v) is 6.60. The van der Waals surface area contributed by atoms with Gasteiger partial charge in [0.15, 0.2) is 0 Å². The van der Waals surface area contributed by atoms with E-state index < -0.39 is 5.97 Å². The maximum atomic E-state index is 11.3. The number of thiophene rings is 1. The fourth-order valence-electron chi connectivity index (χ4n) is 2.10. The Morgan fingerprint density at radius 2 is 1.95 bits per heavy atom. The van der Waals surface area contributed by atoms with Crippen LogP contribution < -0.4 is 10.5 Å². The van der Waals surface area contributed by atoms with Crippen LogP contribution in [-0.4, -0.2) is 18.2 Å². The van der Waals surface area contributed by atoms with Crippen molar-refractivity contribution in [2.45, 2.75) is 13.8 Å². The number of hydrogen-bond acceptors (Lipinski definition) is 4. The molecule has 100 valence electrons. The van der Waals surface area contributed by atoms with Gasteiger partial charge in [0.05, 0.1) is 7.11 Å². The van der Waals surface area contributed by atoms with E-state index >= 15 is 0 Å². The molecule has 0 spiro atoms. The molecule has 19 heavy (non-hydrogen) atoms. The number of carboxylic acids is 1. The number of nitrogens with two attached hydrogens (primary N) is 1. The minimum atomic E-state index is -0.998. The third-order valence-electron chi connectivity index (χ3n) is 3.28. The van der Waals surface area contributed by atoms with Gasteiger partial charge in [0.1, 0.15) is 16.3 Å². The Bertz CT molecular complexity index is 646. The number of hydrogen-bond donors (Lipinski definition) is 2. The molecule has 3 N–H and O–H groups in total. The number of rotatable bonds is 3. The Morgan fingerprint density at radius 3 is 2.53 bits per heavy atom. The van der Waals surface area contributed by atoms with E-state index in [0.717, 1.165) is 22.4 Å². The van der Waals surface area contributed by atoms with Gasteiger partial charge in [-0.15, -0.1) is 11.3 Å². The van der Waals surface area contributed by atoms with Gasteiger partial charge in [-0.25, -0.2) is 4.79 Å². The van der Waals surface area contributed by atoms with Crippen LogP contribution in [-0.2, 0) is 0 Å². The molecule has 0 amide bonds. The molecular weight excluding hydrogens is 262 g/mol. The smallest absolute Gasteiger partial charge is 0.339 e. The molecule has 2 aromatic rings. The van der Waals surface area contributed by atoms with Crippen molar-refractivity contribution in [3.05, 3.63) is 34.2 Å². The van der Waals surface area contributed by atoms with E-state index in [4.69, 9.17) is 10.5 Å². The second kappa shape index (κ2) is 4.93. The molecule has 0 aliphatic carbocycles. The standard InChI is InChI=1S/C14H15NO3S/c1-7-8(2)11(18-3)5-4-9(7)10-6-19-13(15)12(10)14(16)17/h4-6H,15H2,1-3H3,(H,16,17). The number of aromatic carboxylic acids is 1. The summed E-state index contributed by atoms with van der Waals surface area (Å²) in [4.78, 5) is 11.3. The molecule has 0 aliphatic heterocycles. The van der Waals surface area contributed by atoms with Crippen molar-refractivity contribution in [1.82, 2.24) is 0 Å². The highest BCUT2D eigenvalue weighted by Gasteiger charge is 2.20. The topological polar surface area (TPSA) is 72.5 Å². The molecule has 0 unspecified atom stereocenters. The van der Waals surface area contributed by atoms with Gasteiger partial charge in [0.25, 0.3) is 0 Å². The van der Waals surface area contributed by atoms with E-state index in [1.807, 2.05) is 26.0 Å². The highest BCUT2D eigenvalue weighted by molar-refractivity contribution is 7.14. The van der Waals surface area contributed by atoms with Crippen molar-refractivity contribution < 1.29 is 14.6 Å². The van der Waals surface area contributed by atoms with E-state index in [1.165, 1.54) is 11.3 Å². The van der Waals surface area contributed by atoms with Crippen molar-refractivity contribution in [3.8, 4) is 16.9 Å². The van der Waals surface area contributed by atoms with Crippen LogP contribution in [0.2, 0.25) is 0 Å². The summed E-state index contributed by atoms with van der Waals surface area (Å²) in [5.41, 5.74) is 9.46. The van der Waals surface area contributed by atoms with Crippen molar-refractivity contribution in [1.29, 1.82) is 0 Å². The predicted octanol–water partition coefficient (Wildman–Crippen LogP) is 3.32. The SMILES string of the molecule is COc1ccc(-c2csc(N)c2C(=O)O)c(C)c1C. The van der Waals surface area contributed by atoms with Crippen LogP contribution in [0.25, 0.3) is 11.1 Å². The summed E-state index contributed by atoms with van der Waals surface area (Å²) in [7, 11) is 1.62. The average Bonchev–Trinajstić information content (AvgIpc) is 2.74. The van der Waals surface area contributed by atoms with Crippen LogP contribution >= 0.6 is 11.3 Å². The van der Waals surface area contributed by atoms with E-state index in [9.17, 15) is 9.90 Å². The van der Waals surface area contributed by atoms with Crippen LogP contribution in [0.3, 0.4) is 0 Å². The van der Waals surface area contributed by atoms with E-state index in [1.54, 1.807) is 12.5 Å². The van der Waals surface area contributed by atoms with Crippen LogP contribution in [0.15, 0.2) is 17.5 Å². The molecular formula is C14H15NO3S. The zero-order valence-corrected chi connectivity index (χ0v) is 11.8. The van der Waals surface area contributed by atoms with Crippen molar-refractivity contribution in [2.75, 3.05) is 12.8 Å². The number of methoxy groups -OCH3 is 1. The molecule has 0 fully saturated rings. The first-order chi connectivity index (χ1) is 8.97. The highest BCUT2D eigenvalue weighted by Crippen LogP contribution is 2.37. The lowest BCUT2D eigenvalue weighted by Gasteiger charge is -2.12. The molecule has 2 rings (SSSR count). The van der Waals surface area contributed by atoms with Gasteiger partial charge in [0, 0.05) is 10.9 Å². The summed E-state index contributed by atoms with van der Waals surface area (Å²) in [6, 6.07) is 3.71. The quantitative estimate of drug-likeness (QED) is 0.902. The number of benzene rings is 1. The van der Waals surface area contributed by atoms with Crippen molar-refractivity contribution in [3.63, 3.8) is 0 Å². The van der Waals surface area contributed by atoms with Gasteiger partial charge in [-0.1, -0.05) is 6.07 Å². The zero-order chi connectivity index (χ0) is 14.2. The average molecular weight is 277 g/mol. The Kier molecular flexibility index (Phi) is 3.48. The Morgan fingerprint density at radius 1 is 1.26 bits per heavy atom. The Labute approximate surface area is 115 Å². The van der Waals surface area contributed by atoms with Gasteiger partial charge in [-0.05, 0) is 36.6 Å². The molecule has 5 heteroatoms. The molecule has 0 saturated carbocycles. The summed E-state index contributed by atoms with van der Waals surface area (Å²) in [5, 5.41) is 11.4. The van der Waals surface area contributed by atoms with Gasteiger partial charge in [-0.3, -0.25) is 0 Å². The normalized spacial score (nSPS) is 10.5. The molecule has 0 aliphatic rings. The molecule has 4 nitrogen and oxygen atoms in total. The number of anilines is 1. The van der Waals surface area contributed by atoms with Crippen molar-refractivity contribution >= 4 is 22.3 Å². The second-order valence-electron chi connectivity index (χ2n) is 4.26. The molecule has 0 radical (unpaired) electrons. The largest absolute Gasteiger partial charge is 0.496 e. The van der Waals surface area contributed by atoms with Gasteiger partial charge in [0.2, 0.25) is 0 Å². The van der Waals surface area contributed by atoms with Crippen LogP contribution in [0.5, 0.6) is 5.75 Å². The monoisotopic (exact) mass is 277 g/mol. The number of ether oxygens (including phenoxy) is 1. The van der Waals surface area contributed by atoms with Gasteiger partial charge in [-0.2, -0.15) is 0 Å². The Balaban J connectivity index is 2.67. The molecule has 0 saturated heterocycles. The Hall–Kier alpha value is -2.01. The van der Waals surface area contributed by atoms with Crippen LogP contribution in [0.4, 0.5) is 5.00 Å². The number of carboxylic acid groups (broad SMARTS) is 1. The first kappa shape index (κ1) is 13.4. The van der Waals surface area contributed by atoms with Gasteiger partial charge < -0.3 is 15.6 Å². The highest BCUT2D eigenvalue weighted by atomic mass is 32.1. The van der Waals surface area contributed by atoms with Gasteiger partial charge >= 0.3 is 5.97 Å². The van der Waals surface area contributed by atoms with Crippen LogP contribution in [0, 0.1) is 13.8 Å². The summed E-state index contributed by atoms with van der Waals surface area (Å²) in [6.45, 7) is 3.90. The maximum absolute atomic E-state index is 11.3. The lowest BCUT2D eigenvalue weighted by Crippen LogP contribution is -2.01. The number of nitrogen functional groups attached to an aromatic ring is 1. The van der Waals surface area contributed by atoms with E-state index in [0.29, 0.717) is 10.6 Å². The minimum absolute atomic E-state index is 0.178. The van der Waals surface area contributed by atoms with Crippen LogP contribution in [0.1, 0.15) is 21.5 Å². The molecule has 0 bridgehead atoms. The summed E-state index contributed by atoms with van der Waals surface area (Å²) in [6.07, 6.45) is 0. The molecule has 1 heterocycles. The number of carbonyl (C=O) groups is 1. The lowest BCUT2D eigenvalue weighted by molar-refractivity contribution is 0.0699. The fraction of sp³-hybridized carbons (Fsp3) is 0.214. The summed E-state index contributed by atoms with van der Waals surface area (Å²) < 4.78 is 5.26. The summed E-state index contributed by atoms with van der Waals surface area (Å²) >= 11 is 1.24. The predicted molar refractivity (Wildman–Crippen MR) is 77.2 cm³/mol. The minimum Gasteiger partial charge on any atom is -0.496 e.